The number of nitriles is 1. The molecule has 1 N–H and O–H groups in total. The largest absolute Gasteiger partial charge is 0.493 e. The lowest BCUT2D eigenvalue weighted by atomic mass is 10.0. The van der Waals surface area contributed by atoms with E-state index in [0.29, 0.717) is 52.7 Å². The zero-order chi connectivity index (χ0) is 28.0. The van der Waals surface area contributed by atoms with Crippen LogP contribution in [-0.2, 0) is 11.3 Å². The molecular weight excluding hydrogens is 560 g/mol. The lowest BCUT2D eigenvalue weighted by molar-refractivity contribution is 0.0497. The Kier molecular flexibility index (Phi) is 8.97. The quantitative estimate of drug-likeness (QED) is 0.336. The first-order chi connectivity index (χ1) is 18.7. The molecule has 0 atom stereocenters. The molecule has 9 heteroatoms. The van der Waals surface area contributed by atoms with Gasteiger partial charge in [0.2, 0.25) is 0 Å². The van der Waals surface area contributed by atoms with Crippen LogP contribution < -0.4 is 19.7 Å². The Balaban J connectivity index is 1.54. The Labute approximate surface area is 238 Å². The number of amides is 1. The second-order valence-corrected chi connectivity index (χ2v) is 11.1. The molecule has 1 aliphatic heterocycles. The van der Waals surface area contributed by atoms with Gasteiger partial charge < -0.3 is 24.4 Å². The van der Waals surface area contributed by atoms with E-state index in [2.05, 4.69) is 32.2 Å². The number of piperidine rings is 1. The molecule has 0 saturated carbocycles. The molecule has 1 fully saturated rings. The Bertz CT molecular complexity index is 1340. The standard InChI is InChI=1S/C30H33BrN4O4/c1-30(2,3)39-29(36)33-23-12-14-35(15-13-23)26-17-22(18-32)27(31)28(34-26)21-10-11-24(37-4)25(16-21)38-19-20-8-6-5-7-9-20/h5-11,16-17,23H,12-15,19H2,1-4H3,(H,33,36). The number of ether oxygens (including phenoxy) is 3. The van der Waals surface area contributed by atoms with Gasteiger partial charge in [0, 0.05) is 24.7 Å². The van der Waals surface area contributed by atoms with E-state index in [-0.39, 0.29) is 6.04 Å². The summed E-state index contributed by atoms with van der Waals surface area (Å²) in [7, 11) is 1.61. The van der Waals surface area contributed by atoms with E-state index in [0.717, 1.165) is 24.0 Å². The van der Waals surface area contributed by atoms with Gasteiger partial charge in [0.05, 0.1) is 22.8 Å². The molecule has 0 spiro atoms. The van der Waals surface area contributed by atoms with Gasteiger partial charge in [-0.25, -0.2) is 9.78 Å². The lowest BCUT2D eigenvalue weighted by Gasteiger charge is -2.34. The Morgan fingerprint density at radius 2 is 1.85 bits per heavy atom. The van der Waals surface area contributed by atoms with Gasteiger partial charge in [-0.05, 0) is 79.4 Å². The topological polar surface area (TPSA) is 96.7 Å². The number of rotatable bonds is 7. The number of aromatic nitrogens is 1. The van der Waals surface area contributed by atoms with E-state index in [1.165, 1.54) is 0 Å². The van der Waals surface area contributed by atoms with Crippen LogP contribution >= 0.6 is 15.9 Å². The monoisotopic (exact) mass is 592 g/mol. The molecule has 2 heterocycles. The van der Waals surface area contributed by atoms with Crippen LogP contribution in [0, 0.1) is 11.3 Å². The maximum Gasteiger partial charge on any atom is 0.407 e. The van der Waals surface area contributed by atoms with Crippen molar-refractivity contribution in [3.63, 3.8) is 0 Å². The molecule has 1 aliphatic rings. The zero-order valence-electron chi connectivity index (χ0n) is 22.7. The third-order valence-electron chi connectivity index (χ3n) is 6.28. The summed E-state index contributed by atoms with van der Waals surface area (Å²) in [6, 6.07) is 19.6. The fourth-order valence-electron chi connectivity index (χ4n) is 4.35. The van der Waals surface area contributed by atoms with Crippen molar-refractivity contribution in [3.05, 3.63) is 70.2 Å². The molecule has 39 heavy (non-hydrogen) atoms. The van der Waals surface area contributed by atoms with Crippen molar-refractivity contribution in [3.8, 4) is 28.8 Å². The van der Waals surface area contributed by atoms with Crippen molar-refractivity contribution in [2.45, 2.75) is 51.9 Å². The van der Waals surface area contributed by atoms with Crippen molar-refractivity contribution >= 4 is 27.8 Å². The van der Waals surface area contributed by atoms with Gasteiger partial charge in [-0.2, -0.15) is 5.26 Å². The number of pyridine rings is 1. The first kappa shape index (κ1) is 28.2. The van der Waals surface area contributed by atoms with Crippen molar-refractivity contribution in [1.82, 2.24) is 10.3 Å². The molecule has 0 bridgehead atoms. The van der Waals surface area contributed by atoms with E-state index in [1.807, 2.05) is 69.3 Å². The SMILES string of the molecule is COc1ccc(-c2nc(N3CCC(NC(=O)OC(C)(C)C)CC3)cc(C#N)c2Br)cc1OCc1ccccc1. The molecule has 204 valence electrons. The normalized spacial score (nSPS) is 13.9. The molecule has 0 unspecified atom stereocenters. The lowest BCUT2D eigenvalue weighted by Crippen LogP contribution is -2.46. The molecule has 1 aromatic heterocycles. The van der Waals surface area contributed by atoms with Crippen LogP contribution in [0.2, 0.25) is 0 Å². The van der Waals surface area contributed by atoms with Crippen LogP contribution in [0.3, 0.4) is 0 Å². The number of nitrogens with zero attached hydrogens (tertiary/aromatic N) is 3. The number of anilines is 1. The first-order valence-corrected chi connectivity index (χ1v) is 13.7. The Morgan fingerprint density at radius 3 is 2.49 bits per heavy atom. The number of hydrogen-bond acceptors (Lipinski definition) is 7. The van der Waals surface area contributed by atoms with Crippen molar-refractivity contribution in [2.24, 2.45) is 0 Å². The number of benzene rings is 2. The van der Waals surface area contributed by atoms with Gasteiger partial charge in [0.25, 0.3) is 0 Å². The highest BCUT2D eigenvalue weighted by Crippen LogP contribution is 2.38. The number of carbonyl (C=O) groups excluding carboxylic acids is 1. The van der Waals surface area contributed by atoms with Crippen LogP contribution in [0.15, 0.2) is 59.1 Å². The van der Waals surface area contributed by atoms with Gasteiger partial charge in [0.1, 0.15) is 24.1 Å². The predicted molar refractivity (Wildman–Crippen MR) is 154 cm³/mol. The molecule has 1 amide bonds. The highest BCUT2D eigenvalue weighted by Gasteiger charge is 2.25. The second-order valence-electron chi connectivity index (χ2n) is 10.3. The summed E-state index contributed by atoms with van der Waals surface area (Å²) >= 11 is 3.60. The molecule has 2 aromatic carbocycles. The van der Waals surface area contributed by atoms with E-state index in [4.69, 9.17) is 19.2 Å². The maximum atomic E-state index is 12.2. The summed E-state index contributed by atoms with van der Waals surface area (Å²) in [5.74, 6) is 1.91. The Morgan fingerprint density at radius 1 is 1.13 bits per heavy atom. The number of carbonyl (C=O) groups is 1. The summed E-state index contributed by atoms with van der Waals surface area (Å²) in [6.07, 6.45) is 1.09. The van der Waals surface area contributed by atoms with E-state index in [1.54, 1.807) is 13.2 Å². The third-order valence-corrected chi connectivity index (χ3v) is 7.08. The molecule has 3 aromatic rings. The van der Waals surface area contributed by atoms with Gasteiger partial charge in [-0.3, -0.25) is 0 Å². The second kappa shape index (κ2) is 12.4. The highest BCUT2D eigenvalue weighted by atomic mass is 79.9. The fourth-order valence-corrected chi connectivity index (χ4v) is 4.87. The summed E-state index contributed by atoms with van der Waals surface area (Å²) in [5, 5.41) is 12.8. The highest BCUT2D eigenvalue weighted by molar-refractivity contribution is 9.10. The van der Waals surface area contributed by atoms with Gasteiger partial charge in [0.15, 0.2) is 11.5 Å². The number of halogens is 1. The summed E-state index contributed by atoms with van der Waals surface area (Å²) < 4.78 is 17.6. The van der Waals surface area contributed by atoms with E-state index in [9.17, 15) is 10.1 Å². The van der Waals surface area contributed by atoms with Crippen molar-refractivity contribution < 1.29 is 19.0 Å². The number of nitrogens with one attached hydrogen (secondary N) is 1. The Hall–Kier alpha value is -3.77. The molecular formula is C30H33BrN4O4. The average Bonchev–Trinajstić information content (AvgIpc) is 2.92. The van der Waals surface area contributed by atoms with Gasteiger partial charge in [-0.15, -0.1) is 0 Å². The minimum atomic E-state index is -0.538. The molecule has 8 nitrogen and oxygen atoms in total. The molecule has 0 aliphatic carbocycles. The molecule has 1 saturated heterocycles. The van der Waals surface area contributed by atoms with Crippen molar-refractivity contribution in [1.29, 1.82) is 5.26 Å². The van der Waals surface area contributed by atoms with E-state index < -0.39 is 11.7 Å². The fraction of sp³-hybridized carbons (Fsp3) is 0.367. The van der Waals surface area contributed by atoms with Crippen LogP contribution in [-0.4, -0.2) is 42.9 Å². The van der Waals surface area contributed by atoms with Crippen LogP contribution in [0.4, 0.5) is 10.6 Å². The van der Waals surface area contributed by atoms with Gasteiger partial charge in [-0.1, -0.05) is 30.3 Å². The average molecular weight is 594 g/mol. The summed E-state index contributed by atoms with van der Waals surface area (Å²) in [4.78, 5) is 19.3. The minimum absolute atomic E-state index is 0.0207. The number of methoxy groups -OCH3 is 1. The van der Waals surface area contributed by atoms with Crippen molar-refractivity contribution in [2.75, 3.05) is 25.1 Å². The number of hydrogen-bond donors (Lipinski definition) is 1. The molecule has 0 radical (unpaired) electrons. The van der Waals surface area contributed by atoms with Gasteiger partial charge >= 0.3 is 6.09 Å². The third kappa shape index (κ3) is 7.42. The first-order valence-electron chi connectivity index (χ1n) is 12.9. The van der Waals surface area contributed by atoms with Crippen LogP contribution in [0.25, 0.3) is 11.3 Å². The van der Waals surface area contributed by atoms with Crippen LogP contribution in [0.1, 0.15) is 44.7 Å². The predicted octanol–water partition coefficient (Wildman–Crippen LogP) is 6.46. The molecule has 4 rings (SSSR count). The smallest absolute Gasteiger partial charge is 0.407 e. The maximum absolute atomic E-state index is 12.2. The summed E-state index contributed by atoms with van der Waals surface area (Å²) in [5.41, 5.74) is 2.44. The van der Waals surface area contributed by atoms with Crippen LogP contribution in [0.5, 0.6) is 11.5 Å². The summed E-state index contributed by atoms with van der Waals surface area (Å²) in [6.45, 7) is 7.31. The number of alkyl carbamates (subject to hydrolysis) is 1. The zero-order valence-corrected chi connectivity index (χ0v) is 24.2. The van der Waals surface area contributed by atoms with E-state index >= 15 is 0 Å². The minimum Gasteiger partial charge on any atom is -0.493 e.